The van der Waals surface area contributed by atoms with Gasteiger partial charge in [0.05, 0.1) is 12.3 Å². The first-order chi connectivity index (χ1) is 9.59. The van der Waals surface area contributed by atoms with E-state index >= 15 is 0 Å². The van der Waals surface area contributed by atoms with Gasteiger partial charge in [-0.25, -0.2) is 0 Å². The van der Waals surface area contributed by atoms with Crippen LogP contribution >= 0.6 is 0 Å². The zero-order valence-corrected chi connectivity index (χ0v) is 11.4. The number of amides is 1. The Bertz CT molecular complexity index is 514. The molecule has 0 aromatic heterocycles. The Labute approximate surface area is 118 Å². The van der Waals surface area contributed by atoms with Crippen LogP contribution in [-0.4, -0.2) is 24.6 Å². The van der Waals surface area contributed by atoms with Gasteiger partial charge < -0.3 is 10.1 Å². The summed E-state index contributed by atoms with van der Waals surface area (Å²) in [6.45, 7) is 3.72. The van der Waals surface area contributed by atoms with Crippen LogP contribution in [0.5, 0.6) is 5.75 Å². The molecule has 1 N–H and O–H groups in total. The SMILES string of the molecule is CCCOc1cc(C)ccc1NC(=O)C(F)(F)C(F)(F)F. The van der Waals surface area contributed by atoms with Crippen LogP contribution in [0, 0.1) is 6.92 Å². The van der Waals surface area contributed by atoms with Gasteiger partial charge in [0.25, 0.3) is 0 Å². The number of ether oxygens (including phenoxy) is 1. The summed E-state index contributed by atoms with van der Waals surface area (Å²) >= 11 is 0. The number of hydrogen-bond donors (Lipinski definition) is 1. The molecule has 0 atom stereocenters. The van der Waals surface area contributed by atoms with Gasteiger partial charge in [0.2, 0.25) is 0 Å². The molecular weight excluding hydrogens is 297 g/mol. The van der Waals surface area contributed by atoms with Crippen molar-refractivity contribution in [1.82, 2.24) is 0 Å². The number of benzene rings is 1. The van der Waals surface area contributed by atoms with E-state index in [1.165, 1.54) is 18.2 Å². The van der Waals surface area contributed by atoms with Crippen LogP contribution in [-0.2, 0) is 4.79 Å². The van der Waals surface area contributed by atoms with E-state index in [1.54, 1.807) is 19.2 Å². The fourth-order valence-electron chi connectivity index (χ4n) is 1.39. The van der Waals surface area contributed by atoms with Gasteiger partial charge in [0.1, 0.15) is 5.75 Å². The molecule has 1 aromatic carbocycles. The third kappa shape index (κ3) is 4.05. The maximum atomic E-state index is 12.9. The molecule has 0 heterocycles. The van der Waals surface area contributed by atoms with Crippen LogP contribution < -0.4 is 10.1 Å². The number of carbonyl (C=O) groups excluding carboxylic acids is 1. The van der Waals surface area contributed by atoms with Crippen LogP contribution in [0.4, 0.5) is 27.6 Å². The van der Waals surface area contributed by atoms with E-state index in [0.717, 1.165) is 0 Å². The molecule has 0 bridgehead atoms. The van der Waals surface area contributed by atoms with E-state index < -0.39 is 18.0 Å². The molecule has 1 amide bonds. The largest absolute Gasteiger partial charge is 0.491 e. The molecule has 0 saturated heterocycles. The molecule has 0 saturated carbocycles. The second kappa shape index (κ2) is 6.28. The topological polar surface area (TPSA) is 38.3 Å². The number of rotatable bonds is 5. The van der Waals surface area contributed by atoms with Gasteiger partial charge in [-0.3, -0.25) is 4.79 Å². The van der Waals surface area contributed by atoms with Gasteiger partial charge in [0, 0.05) is 0 Å². The van der Waals surface area contributed by atoms with E-state index in [0.29, 0.717) is 12.0 Å². The number of nitrogens with one attached hydrogen (secondary N) is 1. The number of halogens is 5. The Morgan fingerprint density at radius 3 is 2.38 bits per heavy atom. The molecule has 0 aliphatic rings. The van der Waals surface area contributed by atoms with E-state index in [1.807, 2.05) is 0 Å². The predicted octanol–water partition coefficient (Wildman–Crippen LogP) is 3.92. The molecule has 8 heteroatoms. The minimum Gasteiger partial charge on any atom is -0.491 e. The first-order valence-corrected chi connectivity index (χ1v) is 6.09. The normalized spacial score (nSPS) is 12.1. The number of aryl methyl sites for hydroxylation is 1. The van der Waals surface area contributed by atoms with Crippen molar-refractivity contribution in [3.8, 4) is 5.75 Å². The Hall–Kier alpha value is -1.86. The zero-order valence-electron chi connectivity index (χ0n) is 11.4. The standard InChI is InChI=1S/C13H14F5NO2/c1-3-6-21-10-7-8(2)4-5-9(10)19-11(20)12(14,15)13(16,17)18/h4-5,7H,3,6H2,1-2H3,(H,19,20). The number of carbonyl (C=O) groups is 1. The summed E-state index contributed by atoms with van der Waals surface area (Å²) in [5.41, 5.74) is 0.477. The third-order valence-electron chi connectivity index (χ3n) is 2.49. The Kier molecular flexibility index (Phi) is 5.14. The van der Waals surface area contributed by atoms with Crippen molar-refractivity contribution in [3.63, 3.8) is 0 Å². The van der Waals surface area contributed by atoms with E-state index in [9.17, 15) is 26.7 Å². The highest BCUT2D eigenvalue weighted by Gasteiger charge is 2.63. The maximum Gasteiger partial charge on any atom is 0.463 e. The molecule has 0 unspecified atom stereocenters. The van der Waals surface area contributed by atoms with Crippen LogP contribution in [0.3, 0.4) is 0 Å². The summed E-state index contributed by atoms with van der Waals surface area (Å²) in [4.78, 5) is 11.2. The lowest BCUT2D eigenvalue weighted by Gasteiger charge is -2.20. The van der Waals surface area contributed by atoms with Gasteiger partial charge >= 0.3 is 18.0 Å². The molecular formula is C13H14F5NO2. The quantitative estimate of drug-likeness (QED) is 0.837. The lowest BCUT2D eigenvalue weighted by atomic mass is 10.2. The molecule has 0 aliphatic heterocycles. The Morgan fingerprint density at radius 1 is 1.24 bits per heavy atom. The molecule has 118 valence electrons. The molecule has 1 aromatic rings. The number of alkyl halides is 5. The van der Waals surface area contributed by atoms with Crippen molar-refractivity contribution >= 4 is 11.6 Å². The zero-order chi connectivity index (χ0) is 16.3. The summed E-state index contributed by atoms with van der Waals surface area (Å²) in [6.07, 6.45) is -5.34. The van der Waals surface area contributed by atoms with E-state index in [-0.39, 0.29) is 18.0 Å². The monoisotopic (exact) mass is 311 g/mol. The van der Waals surface area contributed by atoms with Crippen molar-refractivity contribution < 1.29 is 31.5 Å². The van der Waals surface area contributed by atoms with Crippen molar-refractivity contribution in [2.45, 2.75) is 32.4 Å². The first kappa shape index (κ1) is 17.2. The van der Waals surface area contributed by atoms with Crippen molar-refractivity contribution in [2.75, 3.05) is 11.9 Å². The average Bonchev–Trinajstić information content (AvgIpc) is 2.37. The van der Waals surface area contributed by atoms with Gasteiger partial charge in [-0.05, 0) is 31.0 Å². The molecule has 0 fully saturated rings. The lowest BCUT2D eigenvalue weighted by molar-refractivity contribution is -0.267. The van der Waals surface area contributed by atoms with Crippen LogP contribution in [0.25, 0.3) is 0 Å². The predicted molar refractivity (Wildman–Crippen MR) is 66.6 cm³/mol. The van der Waals surface area contributed by atoms with Crippen molar-refractivity contribution in [3.05, 3.63) is 23.8 Å². The third-order valence-corrected chi connectivity index (χ3v) is 2.49. The molecule has 0 spiro atoms. The van der Waals surface area contributed by atoms with Crippen LogP contribution in [0.15, 0.2) is 18.2 Å². The summed E-state index contributed by atoms with van der Waals surface area (Å²) < 4.78 is 67.4. The molecule has 0 radical (unpaired) electrons. The van der Waals surface area contributed by atoms with Gasteiger partial charge in [0.15, 0.2) is 0 Å². The van der Waals surface area contributed by atoms with Gasteiger partial charge in [-0.2, -0.15) is 22.0 Å². The van der Waals surface area contributed by atoms with Gasteiger partial charge in [-0.15, -0.1) is 0 Å². The van der Waals surface area contributed by atoms with Gasteiger partial charge in [-0.1, -0.05) is 13.0 Å². The van der Waals surface area contributed by atoms with Crippen molar-refractivity contribution in [2.24, 2.45) is 0 Å². The first-order valence-electron chi connectivity index (χ1n) is 6.09. The Balaban J connectivity index is 3.00. The highest BCUT2D eigenvalue weighted by atomic mass is 19.4. The molecule has 21 heavy (non-hydrogen) atoms. The summed E-state index contributed by atoms with van der Waals surface area (Å²) in [7, 11) is 0. The summed E-state index contributed by atoms with van der Waals surface area (Å²) in [5, 5.41) is 1.56. The lowest BCUT2D eigenvalue weighted by Crippen LogP contribution is -2.47. The number of anilines is 1. The van der Waals surface area contributed by atoms with E-state index in [2.05, 4.69) is 0 Å². The number of hydrogen-bond acceptors (Lipinski definition) is 2. The fraction of sp³-hybridized carbons (Fsp3) is 0.462. The molecule has 0 aliphatic carbocycles. The summed E-state index contributed by atoms with van der Waals surface area (Å²) in [5.74, 6) is -7.87. The molecule has 1 rings (SSSR count). The maximum absolute atomic E-state index is 12.9. The van der Waals surface area contributed by atoms with Crippen molar-refractivity contribution in [1.29, 1.82) is 0 Å². The average molecular weight is 311 g/mol. The molecule has 3 nitrogen and oxygen atoms in total. The van der Waals surface area contributed by atoms with E-state index in [4.69, 9.17) is 4.74 Å². The minimum atomic E-state index is -5.95. The smallest absolute Gasteiger partial charge is 0.463 e. The summed E-state index contributed by atoms with van der Waals surface area (Å²) in [6, 6.07) is 4.11. The highest BCUT2D eigenvalue weighted by Crippen LogP contribution is 2.37. The second-order valence-corrected chi connectivity index (χ2v) is 4.37. The van der Waals surface area contributed by atoms with Crippen LogP contribution in [0.2, 0.25) is 0 Å². The second-order valence-electron chi connectivity index (χ2n) is 4.37. The Morgan fingerprint density at radius 2 is 1.86 bits per heavy atom. The minimum absolute atomic E-state index is 0.0446. The van der Waals surface area contributed by atoms with Crippen LogP contribution in [0.1, 0.15) is 18.9 Å². The highest BCUT2D eigenvalue weighted by molar-refractivity contribution is 5.97. The fourth-order valence-corrected chi connectivity index (χ4v) is 1.39.